The zero-order chi connectivity index (χ0) is 17.3. The predicted octanol–water partition coefficient (Wildman–Crippen LogP) is 2.65. The highest BCUT2D eigenvalue weighted by Crippen LogP contribution is 2.25. The molecular weight excluding hydrogens is 330 g/mol. The Morgan fingerprint density at radius 1 is 1.50 bits per heavy atom. The van der Waals surface area contributed by atoms with Crippen molar-refractivity contribution >= 4 is 35.1 Å². The van der Waals surface area contributed by atoms with E-state index in [1.54, 1.807) is 24.3 Å². The number of fused-ring (bicyclic) bond motifs is 1. The van der Waals surface area contributed by atoms with Crippen molar-refractivity contribution < 1.29 is 9.59 Å². The first-order valence-corrected chi connectivity index (χ1v) is 8.12. The van der Waals surface area contributed by atoms with Crippen LogP contribution in [0.15, 0.2) is 24.3 Å². The van der Waals surface area contributed by atoms with Crippen LogP contribution in [0.5, 0.6) is 0 Å². The maximum atomic E-state index is 12.6. The lowest BCUT2D eigenvalue weighted by Crippen LogP contribution is -2.36. The van der Waals surface area contributed by atoms with Gasteiger partial charge in [0.15, 0.2) is 5.82 Å². The molecule has 0 fully saturated rings. The van der Waals surface area contributed by atoms with E-state index in [4.69, 9.17) is 11.6 Å². The van der Waals surface area contributed by atoms with E-state index < -0.39 is 6.04 Å². The fourth-order valence-electron chi connectivity index (χ4n) is 2.56. The van der Waals surface area contributed by atoms with Gasteiger partial charge < -0.3 is 5.32 Å². The maximum Gasteiger partial charge on any atom is 0.249 e. The summed E-state index contributed by atoms with van der Waals surface area (Å²) in [6.45, 7) is 4.11. The Kier molecular flexibility index (Phi) is 4.53. The minimum Gasteiger partial charge on any atom is -0.324 e. The second-order valence-electron chi connectivity index (χ2n) is 6.16. The molecule has 7 nitrogen and oxygen atoms in total. The van der Waals surface area contributed by atoms with Crippen LogP contribution in [-0.4, -0.2) is 26.6 Å². The van der Waals surface area contributed by atoms with Gasteiger partial charge >= 0.3 is 0 Å². The summed E-state index contributed by atoms with van der Waals surface area (Å²) in [6, 6.07) is 6.11. The molecule has 24 heavy (non-hydrogen) atoms. The van der Waals surface area contributed by atoms with Gasteiger partial charge in [0, 0.05) is 17.1 Å². The van der Waals surface area contributed by atoms with Crippen molar-refractivity contribution in [2.75, 3.05) is 10.6 Å². The van der Waals surface area contributed by atoms with Crippen molar-refractivity contribution in [2.24, 2.45) is 5.92 Å². The molecule has 0 aliphatic carbocycles. The molecule has 0 spiro atoms. The molecule has 1 aliphatic heterocycles. The molecule has 2 aromatic rings. The third-order valence-corrected chi connectivity index (χ3v) is 3.82. The van der Waals surface area contributed by atoms with Crippen LogP contribution in [0.3, 0.4) is 0 Å². The quantitative estimate of drug-likeness (QED) is 0.889. The Labute approximate surface area is 144 Å². The van der Waals surface area contributed by atoms with Crippen LogP contribution >= 0.6 is 11.6 Å². The monoisotopic (exact) mass is 347 g/mol. The van der Waals surface area contributed by atoms with Crippen LogP contribution in [0, 0.1) is 5.92 Å². The predicted molar refractivity (Wildman–Crippen MR) is 90.9 cm³/mol. The summed E-state index contributed by atoms with van der Waals surface area (Å²) < 4.78 is 1.49. The van der Waals surface area contributed by atoms with Gasteiger partial charge in [-0.05, 0) is 24.1 Å². The number of carbonyl (C=O) groups excluding carboxylic acids is 2. The fourth-order valence-corrected chi connectivity index (χ4v) is 2.75. The maximum absolute atomic E-state index is 12.6. The third-order valence-electron chi connectivity index (χ3n) is 3.59. The van der Waals surface area contributed by atoms with Crippen molar-refractivity contribution in [1.82, 2.24) is 14.8 Å². The van der Waals surface area contributed by atoms with E-state index in [9.17, 15) is 9.59 Å². The highest BCUT2D eigenvalue weighted by Gasteiger charge is 2.33. The molecule has 0 bridgehead atoms. The number of anilines is 2. The number of aromatic nitrogens is 3. The standard InChI is InChI=1S/C16H18ClN5O2/c1-9(2)6-13-19-16-20-14(23)8-12(22(16)21-13)15(24)18-11-5-3-4-10(17)7-11/h3-5,7,9,12H,6,8H2,1-2H3,(H,18,24)(H,19,20,21,23). The highest BCUT2D eigenvalue weighted by molar-refractivity contribution is 6.30. The molecule has 0 radical (unpaired) electrons. The smallest absolute Gasteiger partial charge is 0.249 e. The van der Waals surface area contributed by atoms with Crippen molar-refractivity contribution in [2.45, 2.75) is 32.7 Å². The Hall–Kier alpha value is -2.41. The summed E-state index contributed by atoms with van der Waals surface area (Å²) in [5, 5.41) is 10.3. The lowest BCUT2D eigenvalue weighted by atomic mass is 10.1. The zero-order valence-corrected chi connectivity index (χ0v) is 14.2. The Morgan fingerprint density at radius 3 is 3.00 bits per heavy atom. The van der Waals surface area contributed by atoms with Crippen LogP contribution < -0.4 is 10.6 Å². The molecule has 126 valence electrons. The van der Waals surface area contributed by atoms with Crippen LogP contribution in [-0.2, 0) is 16.0 Å². The number of carbonyl (C=O) groups is 2. The van der Waals surface area contributed by atoms with E-state index in [1.165, 1.54) is 4.68 Å². The minimum atomic E-state index is -0.735. The second-order valence-corrected chi connectivity index (χ2v) is 6.60. The van der Waals surface area contributed by atoms with Gasteiger partial charge in [0.2, 0.25) is 17.8 Å². The summed E-state index contributed by atoms with van der Waals surface area (Å²) in [4.78, 5) is 28.8. The normalized spacial score (nSPS) is 16.7. The SMILES string of the molecule is CC(C)Cc1nc2n(n1)C(C(=O)Nc1cccc(Cl)c1)CC(=O)N2. The summed E-state index contributed by atoms with van der Waals surface area (Å²) in [5.41, 5.74) is 0.572. The largest absolute Gasteiger partial charge is 0.324 e. The molecule has 0 saturated heterocycles. The topological polar surface area (TPSA) is 88.9 Å². The van der Waals surface area contributed by atoms with E-state index in [1.807, 2.05) is 0 Å². The van der Waals surface area contributed by atoms with Crippen LogP contribution in [0.1, 0.15) is 32.1 Å². The molecule has 1 unspecified atom stereocenters. The van der Waals surface area contributed by atoms with Crippen molar-refractivity contribution in [1.29, 1.82) is 0 Å². The Balaban J connectivity index is 1.84. The van der Waals surface area contributed by atoms with Crippen LogP contribution in [0.4, 0.5) is 11.6 Å². The molecule has 3 rings (SSSR count). The molecule has 2 N–H and O–H groups in total. The first-order chi connectivity index (χ1) is 11.4. The summed E-state index contributed by atoms with van der Waals surface area (Å²) >= 11 is 5.93. The average Bonchev–Trinajstić information content (AvgIpc) is 2.87. The molecule has 1 aromatic heterocycles. The van der Waals surface area contributed by atoms with Crippen molar-refractivity contribution in [3.8, 4) is 0 Å². The first-order valence-electron chi connectivity index (χ1n) is 7.74. The summed E-state index contributed by atoms with van der Waals surface area (Å²) in [5.74, 6) is 0.728. The average molecular weight is 348 g/mol. The van der Waals surface area contributed by atoms with Gasteiger partial charge in [-0.1, -0.05) is 31.5 Å². The van der Waals surface area contributed by atoms with Crippen molar-refractivity contribution in [3.63, 3.8) is 0 Å². The van der Waals surface area contributed by atoms with Crippen LogP contribution in [0.25, 0.3) is 0 Å². The van der Waals surface area contributed by atoms with E-state index in [-0.39, 0.29) is 18.2 Å². The molecule has 1 aromatic carbocycles. The van der Waals surface area contributed by atoms with Crippen molar-refractivity contribution in [3.05, 3.63) is 35.1 Å². The van der Waals surface area contributed by atoms with E-state index in [2.05, 4.69) is 34.6 Å². The molecule has 1 aliphatic rings. The number of benzene rings is 1. The molecule has 8 heteroatoms. The van der Waals surface area contributed by atoms with E-state index in [0.29, 0.717) is 34.8 Å². The van der Waals surface area contributed by atoms with E-state index in [0.717, 1.165) is 0 Å². The first kappa shape index (κ1) is 16.4. The van der Waals surface area contributed by atoms with Gasteiger partial charge in [-0.15, -0.1) is 0 Å². The molecular formula is C16H18ClN5O2. The highest BCUT2D eigenvalue weighted by atomic mass is 35.5. The van der Waals surface area contributed by atoms with Crippen LogP contribution in [0.2, 0.25) is 5.02 Å². The third kappa shape index (κ3) is 3.56. The lowest BCUT2D eigenvalue weighted by Gasteiger charge is -2.22. The molecule has 2 amide bonds. The summed E-state index contributed by atoms with van der Waals surface area (Å²) in [7, 11) is 0. The lowest BCUT2D eigenvalue weighted by molar-refractivity contribution is -0.125. The number of rotatable bonds is 4. The number of halogens is 1. The number of nitrogens with one attached hydrogen (secondary N) is 2. The number of amides is 2. The minimum absolute atomic E-state index is 0.0177. The Morgan fingerprint density at radius 2 is 2.29 bits per heavy atom. The second kappa shape index (κ2) is 6.60. The van der Waals surface area contributed by atoms with Gasteiger partial charge in [0.1, 0.15) is 6.04 Å². The van der Waals surface area contributed by atoms with Gasteiger partial charge in [-0.2, -0.15) is 10.1 Å². The molecule has 2 heterocycles. The number of hydrogen-bond acceptors (Lipinski definition) is 4. The molecule has 0 saturated carbocycles. The van der Waals surface area contributed by atoms with Gasteiger partial charge in [0.05, 0.1) is 6.42 Å². The number of nitrogens with zero attached hydrogens (tertiary/aromatic N) is 3. The van der Waals surface area contributed by atoms with Gasteiger partial charge in [-0.3, -0.25) is 14.9 Å². The van der Waals surface area contributed by atoms with Gasteiger partial charge in [0.25, 0.3) is 0 Å². The Bertz CT molecular complexity index is 787. The van der Waals surface area contributed by atoms with E-state index >= 15 is 0 Å². The number of hydrogen-bond donors (Lipinski definition) is 2. The summed E-state index contributed by atoms with van der Waals surface area (Å²) in [6.07, 6.45) is 0.697. The van der Waals surface area contributed by atoms with Gasteiger partial charge in [-0.25, -0.2) is 4.68 Å². The molecule has 1 atom stereocenters. The fraction of sp³-hybridized carbons (Fsp3) is 0.375. The zero-order valence-electron chi connectivity index (χ0n) is 13.4.